The van der Waals surface area contributed by atoms with Crippen LogP contribution in [0.15, 0.2) is 18.2 Å². The van der Waals surface area contributed by atoms with Crippen LogP contribution in [0.2, 0.25) is 0 Å². The molecule has 1 saturated heterocycles. The van der Waals surface area contributed by atoms with Gasteiger partial charge in [-0.3, -0.25) is 9.59 Å². The number of hydrogen-bond donors (Lipinski definition) is 1. The summed E-state index contributed by atoms with van der Waals surface area (Å²) in [7, 11) is 1.67. The molecule has 0 bridgehead atoms. The Balaban J connectivity index is 1.68. The highest BCUT2D eigenvalue weighted by atomic mass is 16.5. The van der Waals surface area contributed by atoms with E-state index in [1.54, 1.807) is 12.0 Å². The largest absolute Gasteiger partial charge is 0.497 e. The third-order valence-electron chi connectivity index (χ3n) is 5.33. The first-order chi connectivity index (χ1) is 11.6. The zero-order valence-corrected chi connectivity index (χ0v) is 14.2. The Morgan fingerprint density at radius 1 is 1.29 bits per heavy atom. The molecule has 0 spiro atoms. The molecule has 5 nitrogen and oxygen atoms in total. The van der Waals surface area contributed by atoms with Crippen molar-refractivity contribution >= 4 is 11.9 Å². The first-order valence-corrected chi connectivity index (χ1v) is 8.76. The van der Waals surface area contributed by atoms with Crippen molar-refractivity contribution in [1.29, 1.82) is 0 Å². The van der Waals surface area contributed by atoms with Crippen LogP contribution in [-0.4, -0.2) is 42.1 Å². The molecule has 2 aliphatic rings. The number of carbonyl (C=O) groups excluding carboxylic acids is 1. The van der Waals surface area contributed by atoms with Crippen LogP contribution in [0, 0.1) is 5.92 Å². The number of nitrogens with zero attached hydrogens (tertiary/aromatic N) is 1. The Bertz CT molecular complexity index is 628. The quantitative estimate of drug-likeness (QED) is 0.921. The van der Waals surface area contributed by atoms with Gasteiger partial charge < -0.3 is 14.7 Å². The molecule has 2 atom stereocenters. The molecule has 130 valence electrons. The minimum Gasteiger partial charge on any atom is -0.497 e. The van der Waals surface area contributed by atoms with E-state index in [1.165, 1.54) is 11.1 Å². The molecule has 1 amide bonds. The topological polar surface area (TPSA) is 66.8 Å². The van der Waals surface area contributed by atoms with E-state index in [4.69, 9.17) is 4.74 Å². The standard InChI is InChI=1S/C19H25NO4/c1-24-16-7-8-17-13(10-16)4-2-5-14(17)11-18(21)20-9-3-6-15(12-20)19(22)23/h7-8,10,14-15H,2-6,9,11-12H2,1H3,(H,22,23)/t14-,15-/m0/s1. The number of piperidine rings is 1. The Labute approximate surface area is 142 Å². The molecule has 1 heterocycles. The van der Waals surface area contributed by atoms with Gasteiger partial charge in [-0.25, -0.2) is 0 Å². The number of rotatable bonds is 4. The molecule has 0 aromatic heterocycles. The summed E-state index contributed by atoms with van der Waals surface area (Å²) in [5.74, 6) is -0.0127. The molecule has 1 aliphatic heterocycles. The van der Waals surface area contributed by atoms with E-state index in [2.05, 4.69) is 12.1 Å². The van der Waals surface area contributed by atoms with Crippen molar-refractivity contribution in [2.75, 3.05) is 20.2 Å². The van der Waals surface area contributed by atoms with Crippen molar-refractivity contribution in [1.82, 2.24) is 4.90 Å². The zero-order valence-electron chi connectivity index (χ0n) is 14.2. The van der Waals surface area contributed by atoms with Crippen LogP contribution in [0.4, 0.5) is 0 Å². The molecule has 1 aliphatic carbocycles. The second-order valence-electron chi connectivity index (χ2n) is 6.88. The van der Waals surface area contributed by atoms with Gasteiger partial charge in [0, 0.05) is 19.5 Å². The molecule has 1 fully saturated rings. The molecule has 0 radical (unpaired) electrons. The van der Waals surface area contributed by atoms with Gasteiger partial charge in [0.15, 0.2) is 0 Å². The predicted octanol–water partition coefficient (Wildman–Crippen LogP) is 2.83. The summed E-state index contributed by atoms with van der Waals surface area (Å²) in [6, 6.07) is 6.12. The maximum absolute atomic E-state index is 12.7. The molecular formula is C19H25NO4. The maximum Gasteiger partial charge on any atom is 0.308 e. The summed E-state index contributed by atoms with van der Waals surface area (Å²) in [6.07, 6.45) is 5.05. The van der Waals surface area contributed by atoms with Crippen LogP contribution in [0.3, 0.4) is 0 Å². The second kappa shape index (κ2) is 7.24. The van der Waals surface area contributed by atoms with Crippen molar-refractivity contribution in [2.24, 2.45) is 5.92 Å². The summed E-state index contributed by atoms with van der Waals surface area (Å²) in [5.41, 5.74) is 2.53. The number of methoxy groups -OCH3 is 1. The van der Waals surface area contributed by atoms with Gasteiger partial charge in [-0.15, -0.1) is 0 Å². The summed E-state index contributed by atoms with van der Waals surface area (Å²) in [6.45, 7) is 1.04. The first-order valence-electron chi connectivity index (χ1n) is 8.76. The number of amides is 1. The second-order valence-corrected chi connectivity index (χ2v) is 6.88. The number of likely N-dealkylation sites (tertiary alicyclic amines) is 1. The van der Waals surface area contributed by atoms with Crippen molar-refractivity contribution in [2.45, 2.75) is 44.4 Å². The highest BCUT2D eigenvalue weighted by Gasteiger charge is 2.30. The number of hydrogen-bond acceptors (Lipinski definition) is 3. The molecule has 1 aromatic rings. The zero-order chi connectivity index (χ0) is 17.1. The van der Waals surface area contributed by atoms with E-state index < -0.39 is 11.9 Å². The van der Waals surface area contributed by atoms with Gasteiger partial charge in [-0.05, 0) is 61.3 Å². The fraction of sp³-hybridized carbons (Fsp3) is 0.579. The van der Waals surface area contributed by atoms with E-state index in [-0.39, 0.29) is 11.8 Å². The van der Waals surface area contributed by atoms with Gasteiger partial charge in [0.05, 0.1) is 13.0 Å². The number of carboxylic acids is 1. The monoisotopic (exact) mass is 331 g/mol. The van der Waals surface area contributed by atoms with Crippen molar-refractivity contribution in [3.63, 3.8) is 0 Å². The van der Waals surface area contributed by atoms with Crippen LogP contribution in [0.1, 0.15) is 49.1 Å². The minimum absolute atomic E-state index is 0.0922. The number of ether oxygens (including phenoxy) is 1. The summed E-state index contributed by atoms with van der Waals surface area (Å²) < 4.78 is 5.30. The lowest BCUT2D eigenvalue weighted by atomic mass is 9.80. The highest BCUT2D eigenvalue weighted by Crippen LogP contribution is 2.36. The van der Waals surface area contributed by atoms with Crippen molar-refractivity contribution in [3.8, 4) is 5.75 Å². The number of benzene rings is 1. The third kappa shape index (κ3) is 3.55. The molecule has 3 rings (SSSR count). The lowest BCUT2D eigenvalue weighted by Crippen LogP contribution is -2.42. The van der Waals surface area contributed by atoms with Gasteiger partial charge in [-0.1, -0.05) is 6.07 Å². The molecule has 24 heavy (non-hydrogen) atoms. The first kappa shape index (κ1) is 16.8. The van der Waals surface area contributed by atoms with Gasteiger partial charge in [0.2, 0.25) is 5.91 Å². The Hall–Kier alpha value is -2.04. The third-order valence-corrected chi connectivity index (χ3v) is 5.33. The van der Waals surface area contributed by atoms with Gasteiger partial charge in [-0.2, -0.15) is 0 Å². The van der Waals surface area contributed by atoms with Gasteiger partial charge in [0.1, 0.15) is 5.75 Å². The summed E-state index contributed by atoms with van der Waals surface area (Å²) >= 11 is 0. The van der Waals surface area contributed by atoms with Gasteiger partial charge >= 0.3 is 5.97 Å². The maximum atomic E-state index is 12.7. The average Bonchev–Trinajstić information content (AvgIpc) is 2.61. The van der Waals surface area contributed by atoms with E-state index in [0.29, 0.717) is 25.9 Å². The SMILES string of the molecule is COc1ccc2c(c1)CCC[C@H]2CC(=O)N1CCC[C@H](C(=O)O)C1. The lowest BCUT2D eigenvalue weighted by molar-refractivity contribution is -0.145. The van der Waals surface area contributed by atoms with Crippen molar-refractivity contribution < 1.29 is 19.4 Å². The minimum atomic E-state index is -0.789. The number of carbonyl (C=O) groups is 2. The Morgan fingerprint density at radius 3 is 2.88 bits per heavy atom. The molecule has 0 saturated carbocycles. The van der Waals surface area contributed by atoms with Crippen LogP contribution in [0.25, 0.3) is 0 Å². The molecule has 1 aromatic carbocycles. The van der Waals surface area contributed by atoms with E-state index in [9.17, 15) is 14.7 Å². The van der Waals surface area contributed by atoms with Gasteiger partial charge in [0.25, 0.3) is 0 Å². The van der Waals surface area contributed by atoms with Crippen LogP contribution < -0.4 is 4.74 Å². The summed E-state index contributed by atoms with van der Waals surface area (Å²) in [4.78, 5) is 25.6. The molecular weight excluding hydrogens is 306 g/mol. The van der Waals surface area contributed by atoms with Crippen LogP contribution in [0.5, 0.6) is 5.75 Å². The van der Waals surface area contributed by atoms with E-state index >= 15 is 0 Å². The number of fused-ring (bicyclic) bond motifs is 1. The molecule has 5 heteroatoms. The molecule has 0 unspecified atom stereocenters. The fourth-order valence-corrected chi connectivity index (χ4v) is 3.98. The highest BCUT2D eigenvalue weighted by molar-refractivity contribution is 5.79. The number of aryl methyl sites for hydroxylation is 1. The number of aliphatic carboxylic acids is 1. The van der Waals surface area contributed by atoms with E-state index in [1.807, 2.05) is 6.07 Å². The Kier molecular flexibility index (Phi) is 5.07. The summed E-state index contributed by atoms with van der Waals surface area (Å²) in [5, 5.41) is 9.19. The fourth-order valence-electron chi connectivity index (χ4n) is 3.98. The van der Waals surface area contributed by atoms with Crippen molar-refractivity contribution in [3.05, 3.63) is 29.3 Å². The van der Waals surface area contributed by atoms with E-state index in [0.717, 1.165) is 31.4 Å². The number of carboxylic acid groups (broad SMARTS) is 1. The smallest absolute Gasteiger partial charge is 0.308 e. The average molecular weight is 331 g/mol. The van der Waals surface area contributed by atoms with Crippen LogP contribution >= 0.6 is 0 Å². The Morgan fingerprint density at radius 2 is 2.12 bits per heavy atom. The lowest BCUT2D eigenvalue weighted by Gasteiger charge is -2.33. The molecule has 1 N–H and O–H groups in total. The van der Waals surface area contributed by atoms with Crippen LogP contribution in [-0.2, 0) is 16.0 Å². The predicted molar refractivity (Wildman–Crippen MR) is 90.2 cm³/mol. The normalized spacial score (nSPS) is 23.5.